The number of carbonyl (C=O) groups is 2. The van der Waals surface area contributed by atoms with Crippen LogP contribution in [0.25, 0.3) is 28.2 Å². The van der Waals surface area contributed by atoms with Gasteiger partial charge < -0.3 is 16.0 Å². The third-order valence-corrected chi connectivity index (χ3v) is 8.04. The number of amides is 2. The summed E-state index contributed by atoms with van der Waals surface area (Å²) in [6.07, 6.45) is 5.32. The summed E-state index contributed by atoms with van der Waals surface area (Å²) in [6.45, 7) is 6.51. The number of primary amides is 1. The van der Waals surface area contributed by atoms with Gasteiger partial charge in [-0.25, -0.2) is 9.50 Å². The first-order chi connectivity index (χ1) is 18.9. The van der Waals surface area contributed by atoms with Crippen LogP contribution in [0.3, 0.4) is 0 Å². The lowest BCUT2D eigenvalue weighted by atomic mass is 9.96. The van der Waals surface area contributed by atoms with Crippen LogP contribution < -0.4 is 11.1 Å². The Morgan fingerprint density at radius 2 is 1.90 bits per heavy atom. The fourth-order valence-corrected chi connectivity index (χ4v) is 6.11. The monoisotopic (exact) mass is 520 g/mol. The van der Waals surface area contributed by atoms with Crippen LogP contribution in [0, 0.1) is 0 Å². The molecule has 1 aliphatic carbocycles. The molecule has 3 heterocycles. The van der Waals surface area contributed by atoms with E-state index in [9.17, 15) is 9.59 Å². The first kappa shape index (κ1) is 25.0. The number of benzene rings is 2. The third-order valence-electron chi connectivity index (χ3n) is 8.04. The molecule has 0 spiro atoms. The van der Waals surface area contributed by atoms with Crippen molar-refractivity contribution >= 4 is 17.5 Å². The van der Waals surface area contributed by atoms with E-state index in [1.165, 1.54) is 17.2 Å². The molecule has 2 aliphatic rings. The minimum atomic E-state index is -0.574. The normalized spacial score (nSPS) is 20.6. The Hall–Kier alpha value is -4.30. The first-order valence-corrected chi connectivity index (χ1v) is 13.5. The van der Waals surface area contributed by atoms with Crippen molar-refractivity contribution in [1.82, 2.24) is 24.8 Å². The fourth-order valence-electron chi connectivity index (χ4n) is 6.11. The number of nitrogens with zero attached hydrogens (tertiary/aromatic N) is 4. The molecule has 0 saturated carbocycles. The number of nitrogens with two attached hydrogens (primary N) is 1. The van der Waals surface area contributed by atoms with E-state index >= 15 is 0 Å². The molecule has 2 aromatic carbocycles. The second-order valence-corrected chi connectivity index (χ2v) is 10.5. The maximum absolute atomic E-state index is 12.1. The molecular formula is C31H32N6O2. The molecule has 6 rings (SSSR count). The lowest BCUT2D eigenvalue weighted by Gasteiger charge is -2.38. The highest BCUT2D eigenvalue weighted by molar-refractivity contribution is 5.91. The largest absolute Gasteiger partial charge is 0.364 e. The smallest absolute Gasteiger partial charge is 0.269 e. The Morgan fingerprint density at radius 1 is 1.08 bits per heavy atom. The van der Waals surface area contributed by atoms with E-state index in [2.05, 4.69) is 42.1 Å². The van der Waals surface area contributed by atoms with Gasteiger partial charge in [0, 0.05) is 35.8 Å². The van der Waals surface area contributed by atoms with Gasteiger partial charge in [0.25, 0.3) is 5.91 Å². The fraction of sp³-hybridized carbons (Fsp3) is 0.290. The van der Waals surface area contributed by atoms with E-state index in [0.717, 1.165) is 54.7 Å². The zero-order valence-electron chi connectivity index (χ0n) is 22.0. The molecule has 1 saturated heterocycles. The molecule has 1 aliphatic heterocycles. The Morgan fingerprint density at radius 3 is 2.64 bits per heavy atom. The van der Waals surface area contributed by atoms with Gasteiger partial charge in [0.2, 0.25) is 5.91 Å². The Kier molecular flexibility index (Phi) is 6.48. The summed E-state index contributed by atoms with van der Waals surface area (Å²) in [7, 11) is 0. The van der Waals surface area contributed by atoms with Gasteiger partial charge in [0.1, 0.15) is 11.4 Å². The van der Waals surface area contributed by atoms with Crippen LogP contribution in [0.2, 0.25) is 0 Å². The maximum atomic E-state index is 12.1. The number of aromatic nitrogens is 3. The van der Waals surface area contributed by atoms with Crippen molar-refractivity contribution in [3.05, 3.63) is 90.1 Å². The van der Waals surface area contributed by atoms with Gasteiger partial charge in [-0.2, -0.15) is 5.10 Å². The summed E-state index contributed by atoms with van der Waals surface area (Å²) >= 11 is 0. The van der Waals surface area contributed by atoms with Gasteiger partial charge in [0.05, 0.1) is 5.69 Å². The van der Waals surface area contributed by atoms with Crippen LogP contribution in [0.4, 0.5) is 0 Å². The van der Waals surface area contributed by atoms with E-state index in [0.29, 0.717) is 17.7 Å². The zero-order valence-corrected chi connectivity index (χ0v) is 22.0. The molecule has 198 valence electrons. The van der Waals surface area contributed by atoms with Gasteiger partial charge in [-0.15, -0.1) is 0 Å². The quantitative estimate of drug-likeness (QED) is 0.369. The second kappa shape index (κ2) is 10.1. The zero-order chi connectivity index (χ0) is 27.1. The van der Waals surface area contributed by atoms with E-state index in [1.54, 1.807) is 16.6 Å². The minimum Gasteiger partial charge on any atom is -0.364 e. The molecule has 1 unspecified atom stereocenters. The first-order valence-electron chi connectivity index (χ1n) is 13.5. The van der Waals surface area contributed by atoms with Crippen LogP contribution in [0.1, 0.15) is 53.8 Å². The van der Waals surface area contributed by atoms with Crippen molar-refractivity contribution in [2.45, 2.75) is 50.7 Å². The summed E-state index contributed by atoms with van der Waals surface area (Å²) in [6, 6.07) is 20.8. The summed E-state index contributed by atoms with van der Waals surface area (Å²) < 4.78 is 1.72. The second-order valence-electron chi connectivity index (χ2n) is 10.5. The van der Waals surface area contributed by atoms with Crippen molar-refractivity contribution in [2.75, 3.05) is 6.54 Å². The van der Waals surface area contributed by atoms with Gasteiger partial charge in [0.15, 0.2) is 5.65 Å². The van der Waals surface area contributed by atoms with Crippen molar-refractivity contribution < 1.29 is 9.59 Å². The van der Waals surface area contributed by atoms with E-state index in [-0.39, 0.29) is 17.6 Å². The van der Waals surface area contributed by atoms with E-state index in [4.69, 9.17) is 10.7 Å². The number of hydrogen-bond acceptors (Lipinski definition) is 5. The van der Waals surface area contributed by atoms with Gasteiger partial charge >= 0.3 is 0 Å². The molecule has 1 fully saturated rings. The SMILES string of the molecule is C=CC(=O)N1CCC(N[C@H]2CCc3cc(-c4nc5ccc(C(N)=O)nn5c4-c4ccccc4)ccc32)C[C@H]1C. The van der Waals surface area contributed by atoms with Crippen molar-refractivity contribution in [3.8, 4) is 22.5 Å². The number of carbonyl (C=O) groups excluding carboxylic acids is 2. The van der Waals surface area contributed by atoms with Crippen LogP contribution in [0.15, 0.2) is 73.3 Å². The number of fused-ring (bicyclic) bond motifs is 2. The highest BCUT2D eigenvalue weighted by Crippen LogP contribution is 2.38. The van der Waals surface area contributed by atoms with Crippen molar-refractivity contribution in [1.29, 1.82) is 0 Å². The molecule has 8 heteroatoms. The lowest BCUT2D eigenvalue weighted by molar-refractivity contribution is -0.129. The molecular weight excluding hydrogens is 488 g/mol. The van der Waals surface area contributed by atoms with Crippen molar-refractivity contribution in [2.24, 2.45) is 5.73 Å². The Labute approximate surface area is 227 Å². The highest BCUT2D eigenvalue weighted by atomic mass is 16.2. The van der Waals surface area contributed by atoms with Crippen molar-refractivity contribution in [3.63, 3.8) is 0 Å². The van der Waals surface area contributed by atoms with E-state index in [1.807, 2.05) is 35.2 Å². The van der Waals surface area contributed by atoms with Crippen LogP contribution >= 0.6 is 0 Å². The molecule has 8 nitrogen and oxygen atoms in total. The summed E-state index contributed by atoms with van der Waals surface area (Å²) in [4.78, 5) is 30.8. The molecule has 3 N–H and O–H groups in total. The summed E-state index contributed by atoms with van der Waals surface area (Å²) in [5.74, 6) is -0.558. The number of rotatable bonds is 6. The number of imidazole rings is 1. The average molecular weight is 521 g/mol. The molecule has 0 radical (unpaired) electrons. The third kappa shape index (κ3) is 4.61. The molecule has 2 aromatic heterocycles. The maximum Gasteiger partial charge on any atom is 0.269 e. The van der Waals surface area contributed by atoms with Crippen LogP contribution in [-0.4, -0.2) is 49.9 Å². The average Bonchev–Trinajstić information content (AvgIpc) is 3.53. The Balaban J connectivity index is 1.30. The van der Waals surface area contributed by atoms with Gasteiger partial charge in [-0.05, 0) is 68.0 Å². The standard InChI is InChI=1S/C31H32N6O2/c1-3-28(38)36-16-15-23(17-19(36)2)33-25-12-10-21-18-22(9-11-24(21)25)29-30(20-7-5-4-6-8-20)37-27(34-29)14-13-26(35-37)31(32)39/h3-9,11,13-14,18-19,23,25,33H,1,10,12,15-17H2,2H3,(H2,32,39)/t19-,23?,25+/m1/s1. The van der Waals surface area contributed by atoms with Crippen LogP contribution in [-0.2, 0) is 11.2 Å². The lowest BCUT2D eigenvalue weighted by Crippen LogP contribution is -2.49. The number of nitrogens with one attached hydrogen (secondary N) is 1. The molecule has 3 atom stereocenters. The molecule has 0 bridgehead atoms. The molecule has 4 aromatic rings. The summed E-state index contributed by atoms with van der Waals surface area (Å²) in [5.41, 5.74) is 12.7. The van der Waals surface area contributed by atoms with Gasteiger partial charge in [-0.1, -0.05) is 49.0 Å². The minimum absolute atomic E-state index is 0.0163. The number of hydrogen-bond donors (Lipinski definition) is 2. The van der Waals surface area contributed by atoms with Crippen LogP contribution in [0.5, 0.6) is 0 Å². The number of piperidine rings is 1. The molecule has 2 amide bonds. The Bertz CT molecular complexity index is 1580. The van der Waals surface area contributed by atoms with E-state index < -0.39 is 5.91 Å². The topological polar surface area (TPSA) is 106 Å². The van der Waals surface area contributed by atoms with Gasteiger partial charge in [-0.3, -0.25) is 9.59 Å². The number of likely N-dealkylation sites (tertiary alicyclic amines) is 1. The summed E-state index contributed by atoms with van der Waals surface area (Å²) in [5, 5.41) is 8.39. The number of aryl methyl sites for hydroxylation is 1. The highest BCUT2D eigenvalue weighted by Gasteiger charge is 2.31. The predicted octanol–water partition coefficient (Wildman–Crippen LogP) is 4.30. The molecule has 39 heavy (non-hydrogen) atoms. The predicted molar refractivity (Wildman–Crippen MR) is 151 cm³/mol.